The topological polar surface area (TPSA) is 29.5 Å². The molecule has 0 aliphatic heterocycles. The van der Waals surface area contributed by atoms with E-state index in [4.69, 9.17) is 8.83 Å². The van der Waals surface area contributed by atoms with Crippen LogP contribution in [0, 0.1) is 0 Å². The summed E-state index contributed by atoms with van der Waals surface area (Å²) in [5.41, 5.74) is 13.9. The van der Waals surface area contributed by atoms with E-state index in [1.807, 2.05) is 12.1 Å². The number of fused-ring (bicyclic) bond motifs is 11. The number of furan rings is 2. The zero-order chi connectivity index (χ0) is 34.6. The highest BCUT2D eigenvalue weighted by Gasteiger charge is 2.38. The molecule has 0 bridgehead atoms. The van der Waals surface area contributed by atoms with Crippen LogP contribution >= 0.6 is 0 Å². The lowest BCUT2D eigenvalue weighted by molar-refractivity contribution is 0.653. The molecule has 0 spiro atoms. The zero-order valence-electron chi connectivity index (χ0n) is 28.9. The van der Waals surface area contributed by atoms with E-state index in [0.29, 0.717) is 0 Å². The molecule has 0 N–H and O–H groups in total. The third kappa shape index (κ3) is 4.14. The van der Waals surface area contributed by atoms with E-state index in [1.165, 1.54) is 44.2 Å². The van der Waals surface area contributed by atoms with E-state index >= 15 is 0 Å². The van der Waals surface area contributed by atoms with Gasteiger partial charge in [0.2, 0.25) is 0 Å². The standard InChI is InChI=1S/C49H33NO2/c1-49(2)41-27-26-39-37-13-6-8-17-45(37)52-48(39)46(41)40-25-24-35(29-42(40)49)50(43-15-9-14-38-36-12-5-7-16-44(36)51-47(38)43)34-22-20-31(21-23-34)33-19-18-30-10-3-4-11-32(30)28-33/h3-29H,1-2H3. The van der Waals surface area contributed by atoms with Crippen molar-refractivity contribution in [3.05, 3.63) is 175 Å². The van der Waals surface area contributed by atoms with Crippen LogP contribution in [0.4, 0.5) is 17.1 Å². The second kappa shape index (κ2) is 10.7. The molecule has 0 unspecified atom stereocenters. The van der Waals surface area contributed by atoms with Crippen LogP contribution in [0.5, 0.6) is 0 Å². The highest BCUT2D eigenvalue weighted by atomic mass is 16.3. The van der Waals surface area contributed by atoms with E-state index in [-0.39, 0.29) is 5.41 Å². The van der Waals surface area contributed by atoms with Crippen molar-refractivity contribution in [2.24, 2.45) is 0 Å². The Hall–Kier alpha value is -6.58. The largest absolute Gasteiger partial charge is 0.455 e. The Morgan fingerprint density at radius 3 is 1.87 bits per heavy atom. The average Bonchev–Trinajstić information content (AvgIpc) is 3.83. The minimum atomic E-state index is -0.231. The van der Waals surface area contributed by atoms with Crippen molar-refractivity contribution in [3.8, 4) is 22.3 Å². The molecule has 3 heteroatoms. The summed E-state index contributed by atoms with van der Waals surface area (Å²) in [6, 6.07) is 58.7. The molecule has 3 nitrogen and oxygen atoms in total. The molecule has 1 aliphatic carbocycles. The van der Waals surface area contributed by atoms with Gasteiger partial charge in [-0.25, -0.2) is 0 Å². The van der Waals surface area contributed by atoms with Gasteiger partial charge in [-0.2, -0.15) is 0 Å². The molecule has 0 saturated heterocycles. The summed E-state index contributed by atoms with van der Waals surface area (Å²) in [6.07, 6.45) is 0. The number of rotatable bonds is 4. The highest BCUT2D eigenvalue weighted by Crippen LogP contribution is 2.54. The minimum absolute atomic E-state index is 0.231. The minimum Gasteiger partial charge on any atom is -0.455 e. The van der Waals surface area contributed by atoms with Crippen molar-refractivity contribution in [1.29, 1.82) is 0 Å². The predicted molar refractivity (Wildman–Crippen MR) is 216 cm³/mol. The third-order valence-corrected chi connectivity index (χ3v) is 11.3. The number of hydrogen-bond donors (Lipinski definition) is 0. The Morgan fingerprint density at radius 2 is 1.08 bits per heavy atom. The molecule has 246 valence electrons. The fraction of sp³-hybridized carbons (Fsp3) is 0.0612. The van der Waals surface area contributed by atoms with Gasteiger partial charge in [0, 0.05) is 43.9 Å². The first-order valence-electron chi connectivity index (χ1n) is 17.9. The summed E-state index contributed by atoms with van der Waals surface area (Å²) in [7, 11) is 0. The maximum atomic E-state index is 6.65. The van der Waals surface area contributed by atoms with E-state index in [9.17, 15) is 0 Å². The summed E-state index contributed by atoms with van der Waals surface area (Å²) in [6.45, 7) is 4.66. The smallest absolute Gasteiger partial charge is 0.159 e. The molecule has 8 aromatic carbocycles. The molecule has 2 heterocycles. The Bertz CT molecular complexity index is 3050. The summed E-state index contributed by atoms with van der Waals surface area (Å²) in [5, 5.41) is 7.02. The zero-order valence-corrected chi connectivity index (χ0v) is 28.9. The molecular formula is C49H33NO2. The number of nitrogens with zero attached hydrogens (tertiary/aromatic N) is 1. The number of para-hydroxylation sites is 3. The predicted octanol–water partition coefficient (Wildman–Crippen LogP) is 14.1. The molecular weight excluding hydrogens is 635 g/mol. The monoisotopic (exact) mass is 667 g/mol. The molecule has 0 fully saturated rings. The van der Waals surface area contributed by atoms with Crippen molar-refractivity contribution in [1.82, 2.24) is 0 Å². The Balaban J connectivity index is 1.10. The molecule has 0 atom stereocenters. The van der Waals surface area contributed by atoms with Crippen molar-refractivity contribution in [2.45, 2.75) is 19.3 Å². The molecule has 2 aromatic heterocycles. The van der Waals surface area contributed by atoms with Crippen LogP contribution in [0.15, 0.2) is 173 Å². The number of hydrogen-bond acceptors (Lipinski definition) is 3. The Labute approximate surface area is 301 Å². The lowest BCUT2D eigenvalue weighted by Gasteiger charge is -2.28. The van der Waals surface area contributed by atoms with Gasteiger partial charge in [0.25, 0.3) is 0 Å². The van der Waals surface area contributed by atoms with E-state index in [0.717, 1.165) is 60.9 Å². The Morgan fingerprint density at radius 1 is 0.442 bits per heavy atom. The van der Waals surface area contributed by atoms with E-state index < -0.39 is 0 Å². The molecule has 52 heavy (non-hydrogen) atoms. The molecule has 0 amide bonds. The van der Waals surface area contributed by atoms with Gasteiger partial charge in [0.15, 0.2) is 5.58 Å². The maximum absolute atomic E-state index is 6.65. The summed E-state index contributed by atoms with van der Waals surface area (Å²) < 4.78 is 13.2. The molecule has 11 rings (SSSR count). The van der Waals surface area contributed by atoms with Gasteiger partial charge < -0.3 is 13.7 Å². The number of anilines is 3. The van der Waals surface area contributed by atoms with Crippen LogP contribution in [0.1, 0.15) is 25.0 Å². The highest BCUT2D eigenvalue weighted by molar-refractivity contribution is 6.13. The van der Waals surface area contributed by atoms with Crippen LogP contribution < -0.4 is 4.90 Å². The molecule has 0 radical (unpaired) electrons. The first-order valence-corrected chi connectivity index (χ1v) is 17.9. The van der Waals surface area contributed by atoms with Crippen molar-refractivity contribution in [2.75, 3.05) is 4.90 Å². The molecule has 1 aliphatic rings. The summed E-state index contributed by atoms with van der Waals surface area (Å²) >= 11 is 0. The SMILES string of the molecule is CC1(C)c2cc(N(c3ccc(-c4ccc5ccccc5c4)cc3)c3cccc4c3oc3ccccc34)ccc2-c2c1ccc1c2oc2ccccc21. The second-order valence-electron chi connectivity index (χ2n) is 14.5. The first kappa shape index (κ1) is 29.2. The third-order valence-electron chi connectivity index (χ3n) is 11.3. The fourth-order valence-electron chi connectivity index (χ4n) is 8.64. The lowest BCUT2D eigenvalue weighted by Crippen LogP contribution is -2.16. The van der Waals surface area contributed by atoms with Crippen molar-refractivity contribution >= 4 is 71.7 Å². The Kier molecular flexibility index (Phi) is 6.01. The second-order valence-corrected chi connectivity index (χ2v) is 14.5. The van der Waals surface area contributed by atoms with Crippen LogP contribution in [-0.2, 0) is 5.41 Å². The van der Waals surface area contributed by atoms with Gasteiger partial charge in [-0.15, -0.1) is 0 Å². The van der Waals surface area contributed by atoms with Gasteiger partial charge in [0.1, 0.15) is 16.7 Å². The van der Waals surface area contributed by atoms with Crippen molar-refractivity contribution in [3.63, 3.8) is 0 Å². The normalized spacial score (nSPS) is 13.3. The fourth-order valence-corrected chi connectivity index (χ4v) is 8.64. The summed E-state index contributed by atoms with van der Waals surface area (Å²) in [4.78, 5) is 2.35. The summed E-state index contributed by atoms with van der Waals surface area (Å²) in [5.74, 6) is 0. The number of benzene rings is 8. The van der Waals surface area contributed by atoms with Gasteiger partial charge >= 0.3 is 0 Å². The van der Waals surface area contributed by atoms with Gasteiger partial charge in [0.05, 0.1) is 5.69 Å². The first-order chi connectivity index (χ1) is 25.5. The van der Waals surface area contributed by atoms with Crippen molar-refractivity contribution < 1.29 is 8.83 Å². The van der Waals surface area contributed by atoms with Crippen LogP contribution in [0.25, 0.3) is 76.9 Å². The van der Waals surface area contributed by atoms with Crippen LogP contribution in [-0.4, -0.2) is 0 Å². The quantitative estimate of drug-likeness (QED) is 0.187. The maximum Gasteiger partial charge on any atom is 0.159 e. The van der Waals surface area contributed by atoms with E-state index in [1.54, 1.807) is 0 Å². The molecule has 0 saturated carbocycles. The average molecular weight is 668 g/mol. The van der Waals surface area contributed by atoms with Crippen LogP contribution in [0.3, 0.4) is 0 Å². The lowest BCUT2D eigenvalue weighted by atomic mass is 9.82. The van der Waals surface area contributed by atoms with Gasteiger partial charge in [-0.3, -0.25) is 0 Å². The van der Waals surface area contributed by atoms with E-state index in [2.05, 4.69) is 170 Å². The molecule has 10 aromatic rings. The van der Waals surface area contributed by atoms with Gasteiger partial charge in [-0.1, -0.05) is 129 Å². The van der Waals surface area contributed by atoms with Gasteiger partial charge in [-0.05, 0) is 87.1 Å². The van der Waals surface area contributed by atoms with Crippen LogP contribution in [0.2, 0.25) is 0 Å².